The van der Waals surface area contributed by atoms with Crippen molar-refractivity contribution in [2.24, 2.45) is 5.73 Å². The molecular weight excluding hydrogens is 266 g/mol. The average Bonchev–Trinajstić information content (AvgIpc) is 2.51. The normalized spacial score (nSPS) is 12.0. The fourth-order valence-corrected chi connectivity index (χ4v) is 2.11. The van der Waals surface area contributed by atoms with Crippen molar-refractivity contribution in [2.75, 3.05) is 13.7 Å². The number of unbranched alkanes of at least 4 members (excludes halogenated alkanes) is 4. The third kappa shape index (κ3) is 7.14. The van der Waals surface area contributed by atoms with Crippen molar-refractivity contribution in [2.45, 2.75) is 51.5 Å². The quantitative estimate of drug-likeness (QED) is 0.532. The SMILES string of the molecule is CCCCCCCOc1ccc(CC(N)C(=O)OC)cc1. The van der Waals surface area contributed by atoms with E-state index >= 15 is 0 Å². The summed E-state index contributed by atoms with van der Waals surface area (Å²) in [6, 6.07) is 7.11. The third-order valence-corrected chi connectivity index (χ3v) is 3.40. The van der Waals surface area contributed by atoms with Crippen molar-refractivity contribution in [3.8, 4) is 5.75 Å². The van der Waals surface area contributed by atoms with Crippen molar-refractivity contribution in [3.05, 3.63) is 29.8 Å². The number of methoxy groups -OCH3 is 1. The van der Waals surface area contributed by atoms with Gasteiger partial charge in [-0.3, -0.25) is 4.79 Å². The van der Waals surface area contributed by atoms with Crippen LogP contribution in [0.3, 0.4) is 0 Å². The summed E-state index contributed by atoms with van der Waals surface area (Å²) in [7, 11) is 1.35. The van der Waals surface area contributed by atoms with E-state index in [2.05, 4.69) is 11.7 Å². The number of carbonyl (C=O) groups excluding carboxylic acids is 1. The van der Waals surface area contributed by atoms with Gasteiger partial charge in [0, 0.05) is 0 Å². The van der Waals surface area contributed by atoms with Gasteiger partial charge in [-0.2, -0.15) is 0 Å². The molecule has 0 fully saturated rings. The summed E-state index contributed by atoms with van der Waals surface area (Å²) in [6.07, 6.45) is 6.63. The van der Waals surface area contributed by atoms with Gasteiger partial charge in [-0.1, -0.05) is 44.7 Å². The highest BCUT2D eigenvalue weighted by atomic mass is 16.5. The molecule has 4 heteroatoms. The van der Waals surface area contributed by atoms with E-state index in [0.717, 1.165) is 24.3 Å². The zero-order chi connectivity index (χ0) is 15.5. The maximum Gasteiger partial charge on any atom is 0.322 e. The van der Waals surface area contributed by atoms with Crippen LogP contribution in [-0.4, -0.2) is 25.7 Å². The second-order valence-electron chi connectivity index (χ2n) is 5.24. The lowest BCUT2D eigenvalue weighted by Crippen LogP contribution is -2.33. The molecule has 0 aliphatic carbocycles. The van der Waals surface area contributed by atoms with Crippen LogP contribution in [0.2, 0.25) is 0 Å². The monoisotopic (exact) mass is 293 g/mol. The first-order chi connectivity index (χ1) is 10.2. The zero-order valence-corrected chi connectivity index (χ0v) is 13.1. The predicted molar refractivity (Wildman–Crippen MR) is 84.4 cm³/mol. The number of ether oxygens (including phenoxy) is 2. The van der Waals surface area contributed by atoms with Crippen molar-refractivity contribution >= 4 is 5.97 Å². The molecule has 0 saturated heterocycles. The van der Waals surface area contributed by atoms with Crippen LogP contribution in [0, 0.1) is 0 Å². The van der Waals surface area contributed by atoms with Crippen molar-refractivity contribution < 1.29 is 14.3 Å². The molecule has 0 amide bonds. The Morgan fingerprint density at radius 3 is 2.43 bits per heavy atom. The van der Waals surface area contributed by atoms with Gasteiger partial charge >= 0.3 is 5.97 Å². The second kappa shape index (κ2) is 10.2. The Hall–Kier alpha value is -1.55. The first-order valence-electron chi connectivity index (χ1n) is 7.72. The second-order valence-corrected chi connectivity index (χ2v) is 5.24. The molecule has 1 aromatic rings. The average molecular weight is 293 g/mol. The Bertz CT molecular complexity index is 403. The van der Waals surface area contributed by atoms with Crippen LogP contribution >= 0.6 is 0 Å². The van der Waals surface area contributed by atoms with Crippen molar-refractivity contribution in [1.29, 1.82) is 0 Å². The maximum atomic E-state index is 11.3. The lowest BCUT2D eigenvalue weighted by Gasteiger charge is -2.10. The highest BCUT2D eigenvalue weighted by Gasteiger charge is 2.13. The zero-order valence-electron chi connectivity index (χ0n) is 13.1. The smallest absolute Gasteiger partial charge is 0.322 e. The summed E-state index contributed by atoms with van der Waals surface area (Å²) in [6.45, 7) is 2.97. The van der Waals surface area contributed by atoms with Gasteiger partial charge < -0.3 is 15.2 Å². The third-order valence-electron chi connectivity index (χ3n) is 3.40. The summed E-state index contributed by atoms with van der Waals surface area (Å²) in [5.41, 5.74) is 6.73. The molecule has 1 rings (SSSR count). The molecule has 0 radical (unpaired) electrons. The van der Waals surface area contributed by atoms with Gasteiger partial charge in [0.25, 0.3) is 0 Å². The Morgan fingerprint density at radius 2 is 1.81 bits per heavy atom. The van der Waals surface area contributed by atoms with E-state index in [4.69, 9.17) is 10.5 Å². The molecule has 21 heavy (non-hydrogen) atoms. The topological polar surface area (TPSA) is 61.5 Å². The van der Waals surface area contributed by atoms with Gasteiger partial charge in [0.2, 0.25) is 0 Å². The molecule has 0 aromatic heterocycles. The molecule has 2 N–H and O–H groups in total. The minimum atomic E-state index is -0.611. The lowest BCUT2D eigenvalue weighted by atomic mass is 10.1. The van der Waals surface area contributed by atoms with Crippen LogP contribution in [0.1, 0.15) is 44.6 Å². The van der Waals surface area contributed by atoms with Gasteiger partial charge in [0.05, 0.1) is 13.7 Å². The molecule has 0 saturated carbocycles. The van der Waals surface area contributed by atoms with Crippen LogP contribution in [0.25, 0.3) is 0 Å². The predicted octanol–water partition coefficient (Wildman–Crippen LogP) is 3.08. The number of benzene rings is 1. The fraction of sp³-hybridized carbons (Fsp3) is 0.588. The first kappa shape index (κ1) is 17.5. The van der Waals surface area contributed by atoms with Gasteiger partial charge in [-0.15, -0.1) is 0 Å². The fourth-order valence-electron chi connectivity index (χ4n) is 2.11. The van der Waals surface area contributed by atoms with E-state index < -0.39 is 6.04 Å². The summed E-state index contributed by atoms with van der Waals surface area (Å²) in [5.74, 6) is 0.475. The Labute approximate surface area is 127 Å². The molecule has 1 aromatic carbocycles. The summed E-state index contributed by atoms with van der Waals surface area (Å²) < 4.78 is 10.3. The van der Waals surface area contributed by atoms with Crippen LogP contribution in [0.5, 0.6) is 5.75 Å². The van der Waals surface area contributed by atoms with E-state index in [1.807, 2.05) is 24.3 Å². The number of carbonyl (C=O) groups is 1. The van der Waals surface area contributed by atoms with E-state index in [1.54, 1.807) is 0 Å². The molecule has 1 atom stereocenters. The molecule has 0 spiro atoms. The largest absolute Gasteiger partial charge is 0.494 e. The number of nitrogens with two attached hydrogens (primary N) is 1. The molecule has 1 unspecified atom stereocenters. The van der Waals surface area contributed by atoms with Crippen molar-refractivity contribution in [1.82, 2.24) is 0 Å². The van der Waals surface area contributed by atoms with Gasteiger partial charge in [-0.25, -0.2) is 0 Å². The standard InChI is InChI=1S/C17H27NO3/c1-3-4-5-6-7-12-21-15-10-8-14(9-11-15)13-16(18)17(19)20-2/h8-11,16H,3-7,12-13,18H2,1-2H3. The first-order valence-corrected chi connectivity index (χ1v) is 7.72. The lowest BCUT2D eigenvalue weighted by molar-refractivity contribution is -0.142. The van der Waals surface area contributed by atoms with E-state index in [-0.39, 0.29) is 5.97 Å². The highest BCUT2D eigenvalue weighted by molar-refractivity contribution is 5.75. The molecule has 0 aliphatic heterocycles. The Balaban J connectivity index is 2.28. The molecule has 118 valence electrons. The Kier molecular flexibility index (Phi) is 8.51. The van der Waals surface area contributed by atoms with E-state index in [9.17, 15) is 4.79 Å². The highest BCUT2D eigenvalue weighted by Crippen LogP contribution is 2.14. The number of hydrogen-bond acceptors (Lipinski definition) is 4. The van der Waals surface area contributed by atoms with Crippen LogP contribution < -0.4 is 10.5 Å². The van der Waals surface area contributed by atoms with E-state index in [1.165, 1.54) is 32.8 Å². The minimum absolute atomic E-state index is 0.387. The van der Waals surface area contributed by atoms with Crippen LogP contribution in [0.4, 0.5) is 0 Å². The minimum Gasteiger partial charge on any atom is -0.494 e. The summed E-state index contributed by atoms with van der Waals surface area (Å²) in [5, 5.41) is 0. The van der Waals surface area contributed by atoms with Gasteiger partial charge in [0.15, 0.2) is 0 Å². The summed E-state index contributed by atoms with van der Waals surface area (Å²) >= 11 is 0. The molecular formula is C17H27NO3. The molecule has 0 heterocycles. The van der Waals surface area contributed by atoms with Gasteiger partial charge in [0.1, 0.15) is 11.8 Å². The number of esters is 1. The molecule has 4 nitrogen and oxygen atoms in total. The van der Waals surface area contributed by atoms with Crippen LogP contribution in [0.15, 0.2) is 24.3 Å². The number of hydrogen-bond donors (Lipinski definition) is 1. The summed E-state index contributed by atoms with van der Waals surface area (Å²) in [4.78, 5) is 11.3. The molecule has 0 aliphatic rings. The van der Waals surface area contributed by atoms with Crippen LogP contribution in [-0.2, 0) is 16.0 Å². The molecule has 0 bridgehead atoms. The van der Waals surface area contributed by atoms with Crippen molar-refractivity contribution in [3.63, 3.8) is 0 Å². The van der Waals surface area contributed by atoms with E-state index in [0.29, 0.717) is 6.42 Å². The van der Waals surface area contributed by atoms with Gasteiger partial charge in [-0.05, 0) is 30.5 Å². The number of rotatable bonds is 10. The maximum absolute atomic E-state index is 11.3. The Morgan fingerprint density at radius 1 is 1.14 bits per heavy atom.